The van der Waals surface area contributed by atoms with Crippen molar-refractivity contribution in [2.45, 2.75) is 12.5 Å². The SMILES string of the molecule is CC(O)(CO)COc1ccc(Cl)cc1. The minimum absolute atomic E-state index is 0.0468. The Hall–Kier alpha value is -0.770. The van der Waals surface area contributed by atoms with E-state index < -0.39 is 5.60 Å². The molecule has 0 saturated carbocycles. The van der Waals surface area contributed by atoms with Crippen molar-refractivity contribution in [3.63, 3.8) is 0 Å². The summed E-state index contributed by atoms with van der Waals surface area (Å²) in [5.41, 5.74) is -1.21. The van der Waals surface area contributed by atoms with Crippen molar-refractivity contribution >= 4 is 11.6 Å². The fourth-order valence-corrected chi connectivity index (χ4v) is 0.941. The summed E-state index contributed by atoms with van der Waals surface area (Å²) in [7, 11) is 0. The van der Waals surface area contributed by atoms with Gasteiger partial charge in [0.25, 0.3) is 0 Å². The molecule has 0 spiro atoms. The van der Waals surface area contributed by atoms with Gasteiger partial charge in [0, 0.05) is 5.02 Å². The molecule has 1 rings (SSSR count). The number of benzene rings is 1. The van der Waals surface area contributed by atoms with Gasteiger partial charge in [0.15, 0.2) is 0 Å². The second-order valence-electron chi connectivity index (χ2n) is 3.40. The molecule has 1 aromatic rings. The van der Waals surface area contributed by atoms with Crippen molar-refractivity contribution in [3.8, 4) is 5.75 Å². The lowest BCUT2D eigenvalue weighted by Gasteiger charge is -2.20. The molecule has 0 aliphatic rings. The monoisotopic (exact) mass is 216 g/mol. The number of aliphatic hydroxyl groups excluding tert-OH is 1. The maximum atomic E-state index is 9.44. The summed E-state index contributed by atoms with van der Waals surface area (Å²) < 4.78 is 5.25. The van der Waals surface area contributed by atoms with Crippen LogP contribution in [0.15, 0.2) is 24.3 Å². The van der Waals surface area contributed by atoms with E-state index >= 15 is 0 Å². The molecule has 0 aliphatic heterocycles. The van der Waals surface area contributed by atoms with Gasteiger partial charge in [-0.15, -0.1) is 0 Å². The van der Waals surface area contributed by atoms with Crippen LogP contribution in [-0.2, 0) is 0 Å². The van der Waals surface area contributed by atoms with Crippen LogP contribution < -0.4 is 4.74 Å². The van der Waals surface area contributed by atoms with Crippen LogP contribution in [0.5, 0.6) is 5.75 Å². The third-order valence-corrected chi connectivity index (χ3v) is 1.96. The number of aliphatic hydroxyl groups is 2. The highest BCUT2D eigenvalue weighted by Gasteiger charge is 2.19. The van der Waals surface area contributed by atoms with Crippen molar-refractivity contribution in [2.24, 2.45) is 0 Å². The van der Waals surface area contributed by atoms with Gasteiger partial charge in [-0.2, -0.15) is 0 Å². The van der Waals surface area contributed by atoms with Crippen LogP contribution in [0.4, 0.5) is 0 Å². The van der Waals surface area contributed by atoms with E-state index in [9.17, 15) is 5.11 Å². The molecule has 1 unspecified atom stereocenters. The zero-order valence-electron chi connectivity index (χ0n) is 7.90. The van der Waals surface area contributed by atoms with Gasteiger partial charge in [0.1, 0.15) is 18.0 Å². The molecule has 0 fully saturated rings. The van der Waals surface area contributed by atoms with Gasteiger partial charge in [-0.1, -0.05) is 11.6 Å². The smallest absolute Gasteiger partial charge is 0.119 e. The van der Waals surface area contributed by atoms with E-state index in [1.165, 1.54) is 6.92 Å². The Bertz CT molecular complexity index is 282. The highest BCUT2D eigenvalue weighted by molar-refractivity contribution is 6.30. The Morgan fingerprint density at radius 1 is 1.36 bits per heavy atom. The fraction of sp³-hybridized carbons (Fsp3) is 0.400. The van der Waals surface area contributed by atoms with Crippen molar-refractivity contribution in [1.29, 1.82) is 0 Å². The second kappa shape index (κ2) is 4.64. The molecule has 1 atom stereocenters. The minimum Gasteiger partial charge on any atom is -0.491 e. The highest BCUT2D eigenvalue weighted by Crippen LogP contribution is 2.16. The van der Waals surface area contributed by atoms with E-state index in [4.69, 9.17) is 21.4 Å². The Morgan fingerprint density at radius 3 is 2.43 bits per heavy atom. The lowest BCUT2D eigenvalue weighted by molar-refractivity contribution is -0.0324. The molecule has 2 N–H and O–H groups in total. The van der Waals surface area contributed by atoms with Crippen molar-refractivity contribution in [2.75, 3.05) is 13.2 Å². The first-order valence-corrected chi connectivity index (χ1v) is 4.63. The minimum atomic E-state index is -1.21. The van der Waals surface area contributed by atoms with Crippen LogP contribution in [0.2, 0.25) is 5.02 Å². The molecule has 3 nitrogen and oxygen atoms in total. The van der Waals surface area contributed by atoms with E-state index in [1.54, 1.807) is 24.3 Å². The summed E-state index contributed by atoms with van der Waals surface area (Å²) in [6, 6.07) is 6.81. The molecular formula is C10H13ClO3. The molecule has 0 saturated heterocycles. The van der Waals surface area contributed by atoms with E-state index in [2.05, 4.69) is 0 Å². The zero-order chi connectivity index (χ0) is 10.6. The van der Waals surface area contributed by atoms with Gasteiger partial charge in [0.05, 0.1) is 6.61 Å². The summed E-state index contributed by atoms with van der Waals surface area (Å²) in [6.45, 7) is 1.22. The highest BCUT2D eigenvalue weighted by atomic mass is 35.5. The van der Waals surface area contributed by atoms with E-state index in [0.717, 1.165) is 0 Å². The van der Waals surface area contributed by atoms with Gasteiger partial charge >= 0.3 is 0 Å². The van der Waals surface area contributed by atoms with E-state index in [0.29, 0.717) is 10.8 Å². The largest absolute Gasteiger partial charge is 0.491 e. The first-order valence-electron chi connectivity index (χ1n) is 4.25. The lowest BCUT2D eigenvalue weighted by atomic mass is 10.1. The normalized spacial score (nSPS) is 14.9. The molecule has 4 heteroatoms. The summed E-state index contributed by atoms with van der Waals surface area (Å²) >= 11 is 5.68. The average Bonchev–Trinajstić information content (AvgIpc) is 2.17. The first-order chi connectivity index (χ1) is 6.53. The predicted octanol–water partition coefficient (Wildman–Crippen LogP) is 1.46. The maximum Gasteiger partial charge on any atom is 0.119 e. The van der Waals surface area contributed by atoms with Gasteiger partial charge < -0.3 is 14.9 Å². The molecule has 0 radical (unpaired) electrons. The van der Waals surface area contributed by atoms with Crippen LogP contribution in [0.3, 0.4) is 0 Å². The molecule has 0 aromatic heterocycles. The Morgan fingerprint density at radius 2 is 1.93 bits per heavy atom. The Balaban J connectivity index is 2.50. The predicted molar refractivity (Wildman–Crippen MR) is 54.7 cm³/mol. The first kappa shape index (κ1) is 11.3. The number of halogens is 1. The van der Waals surface area contributed by atoms with E-state index in [1.807, 2.05) is 0 Å². The standard InChI is InChI=1S/C10H13ClO3/c1-10(13,6-12)7-14-9-4-2-8(11)3-5-9/h2-5,12-13H,6-7H2,1H3. The molecule has 0 heterocycles. The van der Waals surface area contributed by atoms with Crippen LogP contribution in [0.1, 0.15) is 6.92 Å². The average molecular weight is 217 g/mol. The number of rotatable bonds is 4. The number of hydrogen-bond acceptors (Lipinski definition) is 3. The Labute approximate surface area is 87.9 Å². The van der Waals surface area contributed by atoms with Crippen molar-refractivity contribution in [3.05, 3.63) is 29.3 Å². The van der Waals surface area contributed by atoms with Crippen LogP contribution in [0.25, 0.3) is 0 Å². The second-order valence-corrected chi connectivity index (χ2v) is 3.83. The number of ether oxygens (including phenoxy) is 1. The molecule has 1 aromatic carbocycles. The van der Waals surface area contributed by atoms with Crippen LogP contribution in [0, 0.1) is 0 Å². The van der Waals surface area contributed by atoms with Crippen LogP contribution >= 0.6 is 11.6 Å². The zero-order valence-corrected chi connectivity index (χ0v) is 8.66. The molecular weight excluding hydrogens is 204 g/mol. The maximum absolute atomic E-state index is 9.44. The van der Waals surface area contributed by atoms with Crippen molar-refractivity contribution in [1.82, 2.24) is 0 Å². The van der Waals surface area contributed by atoms with Gasteiger partial charge in [0.2, 0.25) is 0 Å². The van der Waals surface area contributed by atoms with Crippen molar-refractivity contribution < 1.29 is 14.9 Å². The molecule has 0 amide bonds. The molecule has 78 valence electrons. The van der Waals surface area contributed by atoms with Crippen LogP contribution in [-0.4, -0.2) is 29.0 Å². The summed E-state index contributed by atoms with van der Waals surface area (Å²) in [4.78, 5) is 0. The Kier molecular flexibility index (Phi) is 3.75. The van der Waals surface area contributed by atoms with E-state index in [-0.39, 0.29) is 13.2 Å². The molecule has 14 heavy (non-hydrogen) atoms. The van der Waals surface area contributed by atoms with Gasteiger partial charge in [-0.25, -0.2) is 0 Å². The summed E-state index contributed by atoms with van der Waals surface area (Å²) in [5, 5.41) is 18.8. The lowest BCUT2D eigenvalue weighted by Crippen LogP contribution is -2.36. The summed E-state index contributed by atoms with van der Waals surface area (Å²) in [6.07, 6.45) is 0. The summed E-state index contributed by atoms with van der Waals surface area (Å²) in [5.74, 6) is 0.614. The third kappa shape index (κ3) is 3.54. The van der Waals surface area contributed by atoms with Gasteiger partial charge in [-0.05, 0) is 31.2 Å². The molecule has 0 aliphatic carbocycles. The quantitative estimate of drug-likeness (QED) is 0.801. The molecule has 0 bridgehead atoms. The third-order valence-electron chi connectivity index (χ3n) is 1.70. The van der Waals surface area contributed by atoms with Gasteiger partial charge in [-0.3, -0.25) is 0 Å². The fourth-order valence-electron chi connectivity index (χ4n) is 0.815. The topological polar surface area (TPSA) is 49.7 Å². The number of hydrogen-bond donors (Lipinski definition) is 2.